The maximum Gasteiger partial charge on any atom is 0.417 e. The largest absolute Gasteiger partial charge is 0.489 e. The molecule has 27 heavy (non-hydrogen) atoms. The number of nitrogens with zero attached hydrogens (tertiary/aromatic N) is 1. The quantitative estimate of drug-likeness (QED) is 0.522. The van der Waals surface area contributed by atoms with Crippen molar-refractivity contribution >= 4 is 10.9 Å². The first-order chi connectivity index (χ1) is 12.9. The number of aromatic nitrogens is 1. The summed E-state index contributed by atoms with van der Waals surface area (Å²) in [6, 6.07) is 4.88. The maximum absolute atomic E-state index is 13.5. The Bertz CT molecular complexity index is 794. The molecule has 0 fully saturated rings. The SMILES string of the molecule is CCOCCOc1cc(C(F)(F)F)c2cc(OC/C(=C/F)CN)ccc2n1. The molecule has 0 saturated heterocycles. The number of alkyl halides is 3. The lowest BCUT2D eigenvalue weighted by atomic mass is 10.1. The first kappa shape index (κ1) is 20.9. The molecule has 0 bridgehead atoms. The van der Waals surface area contributed by atoms with Crippen molar-refractivity contribution in [3.8, 4) is 11.6 Å². The van der Waals surface area contributed by atoms with Crippen molar-refractivity contribution in [3.05, 3.63) is 41.7 Å². The predicted molar refractivity (Wildman–Crippen MR) is 92.5 cm³/mol. The number of pyridine rings is 1. The van der Waals surface area contributed by atoms with E-state index < -0.39 is 11.7 Å². The van der Waals surface area contributed by atoms with E-state index in [-0.39, 0.29) is 54.5 Å². The molecule has 148 valence electrons. The second-order valence-corrected chi connectivity index (χ2v) is 5.49. The first-order valence-corrected chi connectivity index (χ1v) is 8.22. The molecule has 5 nitrogen and oxygen atoms in total. The van der Waals surface area contributed by atoms with Crippen LogP contribution in [0.15, 0.2) is 36.2 Å². The van der Waals surface area contributed by atoms with E-state index in [4.69, 9.17) is 19.9 Å². The number of rotatable bonds is 9. The molecule has 2 rings (SSSR count). The summed E-state index contributed by atoms with van der Waals surface area (Å²) in [5, 5.41) is -0.143. The van der Waals surface area contributed by atoms with Gasteiger partial charge in [-0.25, -0.2) is 9.37 Å². The summed E-state index contributed by atoms with van der Waals surface area (Å²) in [7, 11) is 0. The van der Waals surface area contributed by atoms with Gasteiger partial charge >= 0.3 is 6.18 Å². The Morgan fingerprint density at radius 2 is 1.96 bits per heavy atom. The zero-order valence-corrected chi connectivity index (χ0v) is 14.7. The zero-order chi connectivity index (χ0) is 19.9. The number of halogens is 4. The van der Waals surface area contributed by atoms with Gasteiger partial charge in [0, 0.05) is 30.2 Å². The van der Waals surface area contributed by atoms with Crippen LogP contribution in [0.25, 0.3) is 10.9 Å². The zero-order valence-electron chi connectivity index (χ0n) is 14.7. The molecule has 0 radical (unpaired) electrons. The lowest BCUT2D eigenvalue weighted by Crippen LogP contribution is -2.12. The third-order valence-electron chi connectivity index (χ3n) is 3.58. The minimum Gasteiger partial charge on any atom is -0.489 e. The second kappa shape index (κ2) is 9.52. The monoisotopic (exact) mass is 388 g/mol. The number of hydrogen-bond donors (Lipinski definition) is 1. The third-order valence-corrected chi connectivity index (χ3v) is 3.58. The van der Waals surface area contributed by atoms with Crippen molar-refractivity contribution < 1.29 is 31.8 Å². The summed E-state index contributed by atoms with van der Waals surface area (Å²) in [5.74, 6) is 0.00147. The van der Waals surface area contributed by atoms with Crippen LogP contribution in [0.1, 0.15) is 12.5 Å². The van der Waals surface area contributed by atoms with Gasteiger partial charge in [0.05, 0.1) is 24.0 Å². The molecule has 1 aromatic carbocycles. The lowest BCUT2D eigenvalue weighted by Gasteiger charge is -2.14. The highest BCUT2D eigenvalue weighted by atomic mass is 19.4. The molecular formula is C18H20F4N2O3. The van der Waals surface area contributed by atoms with E-state index in [2.05, 4.69) is 4.98 Å². The molecule has 2 aromatic rings. The Morgan fingerprint density at radius 3 is 2.59 bits per heavy atom. The molecule has 0 unspecified atom stereocenters. The number of ether oxygens (including phenoxy) is 3. The Balaban J connectivity index is 2.32. The fourth-order valence-electron chi connectivity index (χ4n) is 2.24. The van der Waals surface area contributed by atoms with E-state index in [0.717, 1.165) is 6.07 Å². The van der Waals surface area contributed by atoms with Gasteiger partial charge in [-0.3, -0.25) is 0 Å². The molecular weight excluding hydrogens is 368 g/mol. The van der Waals surface area contributed by atoms with Gasteiger partial charge in [0.2, 0.25) is 5.88 Å². The molecule has 0 spiro atoms. The standard InChI is InChI=1S/C18H20F4N2O3/c1-2-25-5-6-26-17-8-15(18(20,21)22)14-7-13(3-4-16(14)24-17)27-11-12(9-19)10-23/h3-4,7-9H,2,5-6,10-11,23H2,1H3/b12-9+. The number of benzene rings is 1. The normalized spacial score (nSPS) is 12.4. The van der Waals surface area contributed by atoms with E-state index in [1.807, 2.05) is 0 Å². The molecule has 0 aliphatic heterocycles. The minimum atomic E-state index is -4.61. The maximum atomic E-state index is 13.5. The lowest BCUT2D eigenvalue weighted by molar-refractivity contribution is -0.136. The summed E-state index contributed by atoms with van der Waals surface area (Å²) in [4.78, 5) is 4.09. The van der Waals surface area contributed by atoms with Gasteiger partial charge in [-0.05, 0) is 25.1 Å². The predicted octanol–water partition coefficient (Wildman–Crippen LogP) is 3.86. The topological polar surface area (TPSA) is 66.6 Å². The van der Waals surface area contributed by atoms with Crippen LogP contribution in [-0.2, 0) is 10.9 Å². The highest BCUT2D eigenvalue weighted by Gasteiger charge is 2.34. The van der Waals surface area contributed by atoms with Crippen molar-refractivity contribution in [3.63, 3.8) is 0 Å². The van der Waals surface area contributed by atoms with E-state index in [9.17, 15) is 17.6 Å². The molecule has 0 aliphatic carbocycles. The molecule has 1 aromatic heterocycles. The Morgan fingerprint density at radius 1 is 1.19 bits per heavy atom. The Kier molecular flexibility index (Phi) is 7.37. The first-order valence-electron chi connectivity index (χ1n) is 8.22. The van der Waals surface area contributed by atoms with Crippen LogP contribution in [0.5, 0.6) is 11.6 Å². The van der Waals surface area contributed by atoms with Crippen LogP contribution < -0.4 is 15.2 Å². The van der Waals surface area contributed by atoms with Gasteiger partial charge in [-0.2, -0.15) is 13.2 Å². The summed E-state index contributed by atoms with van der Waals surface area (Å²) >= 11 is 0. The van der Waals surface area contributed by atoms with Gasteiger partial charge < -0.3 is 19.9 Å². The van der Waals surface area contributed by atoms with Crippen molar-refractivity contribution in [2.24, 2.45) is 5.73 Å². The third kappa shape index (κ3) is 5.80. The van der Waals surface area contributed by atoms with Gasteiger partial charge in [-0.15, -0.1) is 0 Å². The van der Waals surface area contributed by atoms with Gasteiger partial charge in [-0.1, -0.05) is 0 Å². The van der Waals surface area contributed by atoms with E-state index in [0.29, 0.717) is 12.9 Å². The van der Waals surface area contributed by atoms with Crippen molar-refractivity contribution in [2.75, 3.05) is 33.0 Å². The highest BCUT2D eigenvalue weighted by Crippen LogP contribution is 2.37. The summed E-state index contributed by atoms with van der Waals surface area (Å²) in [6.07, 6.45) is -4.30. The average molecular weight is 388 g/mol. The number of fused-ring (bicyclic) bond motifs is 1. The van der Waals surface area contributed by atoms with Crippen LogP contribution in [0.2, 0.25) is 0 Å². The van der Waals surface area contributed by atoms with Gasteiger partial charge in [0.25, 0.3) is 0 Å². The number of nitrogens with two attached hydrogens (primary N) is 1. The highest BCUT2D eigenvalue weighted by molar-refractivity contribution is 5.84. The Hall–Kier alpha value is -2.39. The molecule has 2 N–H and O–H groups in total. The summed E-state index contributed by atoms with van der Waals surface area (Å²) in [6.45, 7) is 2.40. The van der Waals surface area contributed by atoms with E-state index in [1.54, 1.807) is 6.92 Å². The van der Waals surface area contributed by atoms with Gasteiger partial charge in [0.15, 0.2) is 0 Å². The van der Waals surface area contributed by atoms with Crippen molar-refractivity contribution in [1.29, 1.82) is 0 Å². The molecule has 9 heteroatoms. The van der Waals surface area contributed by atoms with Gasteiger partial charge in [0.1, 0.15) is 19.0 Å². The van der Waals surface area contributed by atoms with E-state index in [1.165, 1.54) is 18.2 Å². The van der Waals surface area contributed by atoms with Crippen LogP contribution in [0, 0.1) is 0 Å². The molecule has 0 aliphatic rings. The molecule has 0 amide bonds. The minimum absolute atomic E-state index is 0.0537. The fraction of sp³-hybridized carbons (Fsp3) is 0.389. The second-order valence-electron chi connectivity index (χ2n) is 5.49. The molecule has 0 saturated carbocycles. The summed E-state index contributed by atoms with van der Waals surface area (Å²) in [5.41, 5.74) is 4.71. The average Bonchev–Trinajstić information content (AvgIpc) is 2.64. The molecule has 0 atom stereocenters. The summed E-state index contributed by atoms with van der Waals surface area (Å²) < 4.78 is 68.6. The fourth-order valence-corrected chi connectivity index (χ4v) is 2.24. The van der Waals surface area contributed by atoms with E-state index >= 15 is 0 Å². The van der Waals surface area contributed by atoms with Crippen molar-refractivity contribution in [1.82, 2.24) is 4.98 Å². The van der Waals surface area contributed by atoms with Crippen LogP contribution in [0.3, 0.4) is 0 Å². The van der Waals surface area contributed by atoms with Crippen molar-refractivity contribution in [2.45, 2.75) is 13.1 Å². The van der Waals surface area contributed by atoms with Crippen LogP contribution in [-0.4, -0.2) is 38.0 Å². The van der Waals surface area contributed by atoms with Crippen LogP contribution in [0.4, 0.5) is 17.6 Å². The number of hydrogen-bond acceptors (Lipinski definition) is 5. The smallest absolute Gasteiger partial charge is 0.417 e. The molecule has 1 heterocycles. The van der Waals surface area contributed by atoms with Crippen LogP contribution >= 0.6 is 0 Å². The Labute approximate surface area is 153 Å².